The predicted octanol–water partition coefficient (Wildman–Crippen LogP) is -0.414. The Labute approximate surface area is 111 Å². The molecule has 19 heavy (non-hydrogen) atoms. The van der Waals surface area contributed by atoms with Gasteiger partial charge in [-0.2, -0.15) is 0 Å². The van der Waals surface area contributed by atoms with Crippen LogP contribution in [-0.4, -0.2) is 62.8 Å². The van der Waals surface area contributed by atoms with Crippen molar-refractivity contribution < 1.29 is 28.6 Å². The lowest BCUT2D eigenvalue weighted by atomic mass is 10.0. The van der Waals surface area contributed by atoms with Crippen molar-refractivity contribution in [1.29, 1.82) is 0 Å². The van der Waals surface area contributed by atoms with E-state index in [-0.39, 0.29) is 24.9 Å². The molecule has 0 spiro atoms. The van der Waals surface area contributed by atoms with Gasteiger partial charge in [-0.05, 0) is 12.3 Å². The molecule has 0 aliphatic carbocycles. The van der Waals surface area contributed by atoms with Crippen LogP contribution in [0.25, 0.3) is 0 Å². The highest BCUT2D eigenvalue weighted by molar-refractivity contribution is 5.88. The molecule has 0 aromatic heterocycles. The Bertz CT molecular complexity index is 338. The first kappa shape index (κ1) is 15.4. The molecular formula is C12H19NO6. The normalized spacial score (nSPS) is 21.8. The van der Waals surface area contributed by atoms with E-state index in [1.54, 1.807) is 0 Å². The summed E-state index contributed by atoms with van der Waals surface area (Å²) < 4.78 is 14.4. The minimum Gasteiger partial charge on any atom is -0.468 e. The lowest BCUT2D eigenvalue weighted by Gasteiger charge is -2.24. The molecule has 1 heterocycles. The second-order valence-electron chi connectivity index (χ2n) is 4.40. The zero-order chi connectivity index (χ0) is 14.4. The van der Waals surface area contributed by atoms with Crippen LogP contribution < -0.4 is 0 Å². The largest absolute Gasteiger partial charge is 0.468 e. The maximum absolute atomic E-state index is 12.2. The molecule has 1 aliphatic rings. The Balaban J connectivity index is 2.73. The summed E-state index contributed by atoms with van der Waals surface area (Å²) in [5.41, 5.74) is 0. The summed E-state index contributed by atoms with van der Waals surface area (Å²) in [6.45, 7) is 1.81. The first-order valence-corrected chi connectivity index (χ1v) is 6.03. The topological polar surface area (TPSA) is 82.1 Å². The molecule has 1 fully saturated rings. The molecule has 0 N–H and O–H groups in total. The summed E-state index contributed by atoms with van der Waals surface area (Å²) in [7, 11) is 2.44. The number of amides is 1. The highest BCUT2D eigenvalue weighted by Crippen LogP contribution is 2.21. The van der Waals surface area contributed by atoms with Gasteiger partial charge in [0.1, 0.15) is 19.2 Å². The van der Waals surface area contributed by atoms with Crippen molar-refractivity contribution in [2.45, 2.75) is 19.4 Å². The first-order valence-electron chi connectivity index (χ1n) is 6.03. The Morgan fingerprint density at radius 2 is 1.68 bits per heavy atom. The minimum atomic E-state index is -0.616. The van der Waals surface area contributed by atoms with Crippen molar-refractivity contribution in [2.75, 3.05) is 33.9 Å². The highest BCUT2D eigenvalue weighted by Gasteiger charge is 2.35. The van der Waals surface area contributed by atoms with Gasteiger partial charge in [0.15, 0.2) is 0 Å². The fraction of sp³-hybridized carbons (Fsp3) is 0.750. The van der Waals surface area contributed by atoms with Gasteiger partial charge in [0.2, 0.25) is 0 Å². The van der Waals surface area contributed by atoms with E-state index >= 15 is 0 Å². The monoisotopic (exact) mass is 273 g/mol. The molecule has 0 saturated carbocycles. The fourth-order valence-corrected chi connectivity index (χ4v) is 1.84. The van der Waals surface area contributed by atoms with E-state index in [9.17, 15) is 14.4 Å². The average Bonchev–Trinajstić information content (AvgIpc) is 2.82. The van der Waals surface area contributed by atoms with Gasteiger partial charge in [0, 0.05) is 6.61 Å². The van der Waals surface area contributed by atoms with Gasteiger partial charge in [-0.25, -0.2) is 0 Å². The molecule has 1 amide bonds. The predicted molar refractivity (Wildman–Crippen MR) is 64.1 cm³/mol. The third-order valence-electron chi connectivity index (χ3n) is 3.04. The molecule has 1 saturated heterocycles. The van der Waals surface area contributed by atoms with Crippen LogP contribution in [0.3, 0.4) is 0 Å². The summed E-state index contributed by atoms with van der Waals surface area (Å²) in [6.07, 6.45) is 0.162. The second kappa shape index (κ2) is 7.08. The van der Waals surface area contributed by atoms with E-state index in [0.29, 0.717) is 6.61 Å². The van der Waals surface area contributed by atoms with Crippen LogP contribution in [-0.2, 0) is 28.6 Å². The first-order chi connectivity index (χ1) is 8.99. The minimum absolute atomic E-state index is 0.0605. The highest BCUT2D eigenvalue weighted by atomic mass is 16.5. The zero-order valence-electron chi connectivity index (χ0n) is 11.4. The third kappa shape index (κ3) is 4.20. The molecule has 2 atom stereocenters. The van der Waals surface area contributed by atoms with E-state index in [1.165, 1.54) is 14.2 Å². The maximum Gasteiger partial charge on any atom is 0.325 e. The van der Waals surface area contributed by atoms with Gasteiger partial charge in [0.05, 0.1) is 14.2 Å². The lowest BCUT2D eigenvalue weighted by Crippen LogP contribution is -2.46. The average molecular weight is 273 g/mol. The van der Waals surface area contributed by atoms with Crippen molar-refractivity contribution in [2.24, 2.45) is 5.92 Å². The summed E-state index contributed by atoms with van der Waals surface area (Å²) in [6, 6.07) is 0. The number of carbonyl (C=O) groups is 3. The van der Waals surface area contributed by atoms with Crippen LogP contribution in [0.15, 0.2) is 0 Å². The van der Waals surface area contributed by atoms with Crippen molar-refractivity contribution in [3.05, 3.63) is 0 Å². The quantitative estimate of drug-likeness (QED) is 0.633. The molecule has 7 heteroatoms. The van der Waals surface area contributed by atoms with Crippen LogP contribution in [0.4, 0.5) is 0 Å². The van der Waals surface area contributed by atoms with Gasteiger partial charge >= 0.3 is 11.9 Å². The van der Waals surface area contributed by atoms with Crippen LogP contribution in [0.5, 0.6) is 0 Å². The molecule has 108 valence electrons. The van der Waals surface area contributed by atoms with Gasteiger partial charge in [-0.1, -0.05) is 6.92 Å². The molecule has 0 aromatic carbocycles. The standard InChI is InChI=1S/C12H19NO6/c1-8-4-5-19-11(8)12(16)13(6-9(14)17-2)7-10(15)18-3/h8,11H,4-7H2,1-3H3. The molecule has 0 aromatic rings. The number of methoxy groups -OCH3 is 2. The van der Waals surface area contributed by atoms with Crippen LogP contribution in [0, 0.1) is 5.92 Å². The number of rotatable bonds is 5. The van der Waals surface area contributed by atoms with E-state index < -0.39 is 18.0 Å². The summed E-state index contributed by atoms with van der Waals surface area (Å²) >= 11 is 0. The van der Waals surface area contributed by atoms with Crippen molar-refractivity contribution >= 4 is 17.8 Å². The van der Waals surface area contributed by atoms with Crippen molar-refractivity contribution in [3.63, 3.8) is 0 Å². The van der Waals surface area contributed by atoms with Crippen molar-refractivity contribution in [1.82, 2.24) is 4.90 Å². The smallest absolute Gasteiger partial charge is 0.325 e. The molecular weight excluding hydrogens is 254 g/mol. The number of esters is 2. The number of hydrogen-bond acceptors (Lipinski definition) is 6. The number of ether oxygens (including phenoxy) is 3. The van der Waals surface area contributed by atoms with E-state index in [0.717, 1.165) is 11.3 Å². The molecule has 1 aliphatic heterocycles. The lowest BCUT2D eigenvalue weighted by molar-refractivity contribution is -0.156. The van der Waals surface area contributed by atoms with Crippen LogP contribution in [0.2, 0.25) is 0 Å². The van der Waals surface area contributed by atoms with E-state index in [2.05, 4.69) is 9.47 Å². The fourth-order valence-electron chi connectivity index (χ4n) is 1.84. The van der Waals surface area contributed by atoms with Crippen LogP contribution >= 0.6 is 0 Å². The maximum atomic E-state index is 12.2. The molecule has 0 radical (unpaired) electrons. The Morgan fingerprint density at radius 3 is 2.05 bits per heavy atom. The van der Waals surface area contributed by atoms with Gasteiger partial charge < -0.3 is 19.1 Å². The third-order valence-corrected chi connectivity index (χ3v) is 3.04. The Morgan fingerprint density at radius 1 is 1.16 bits per heavy atom. The molecule has 7 nitrogen and oxygen atoms in total. The molecule has 0 bridgehead atoms. The summed E-state index contributed by atoms with van der Waals surface area (Å²) in [5, 5.41) is 0. The van der Waals surface area contributed by atoms with Gasteiger partial charge in [0.25, 0.3) is 5.91 Å². The molecule has 1 rings (SSSR count). The number of nitrogens with zero attached hydrogens (tertiary/aromatic N) is 1. The van der Waals surface area contributed by atoms with Crippen LogP contribution in [0.1, 0.15) is 13.3 Å². The number of hydrogen-bond donors (Lipinski definition) is 0. The summed E-state index contributed by atoms with van der Waals surface area (Å²) in [5.74, 6) is -1.52. The zero-order valence-corrected chi connectivity index (χ0v) is 11.4. The van der Waals surface area contributed by atoms with Crippen molar-refractivity contribution in [3.8, 4) is 0 Å². The van der Waals surface area contributed by atoms with Gasteiger partial charge in [-0.15, -0.1) is 0 Å². The SMILES string of the molecule is COC(=O)CN(CC(=O)OC)C(=O)C1OCCC1C. The van der Waals surface area contributed by atoms with Gasteiger partial charge in [-0.3, -0.25) is 14.4 Å². The van der Waals surface area contributed by atoms with E-state index in [1.807, 2.05) is 6.92 Å². The number of carbonyl (C=O) groups excluding carboxylic acids is 3. The van der Waals surface area contributed by atoms with E-state index in [4.69, 9.17) is 4.74 Å². The second-order valence-corrected chi connectivity index (χ2v) is 4.40. The summed E-state index contributed by atoms with van der Waals surface area (Å²) in [4.78, 5) is 35.9. The molecule has 2 unspecified atom stereocenters. The Hall–Kier alpha value is -1.63. The Kier molecular flexibility index (Phi) is 5.75.